The van der Waals surface area contributed by atoms with Crippen molar-refractivity contribution < 1.29 is 13.5 Å². The summed E-state index contributed by atoms with van der Waals surface area (Å²) in [7, 11) is -3.78. The molecule has 0 spiro atoms. The first-order valence-corrected chi connectivity index (χ1v) is 9.32. The van der Waals surface area contributed by atoms with E-state index in [1.54, 1.807) is 23.6 Å². The van der Waals surface area contributed by atoms with E-state index in [-0.39, 0.29) is 10.8 Å². The zero-order valence-corrected chi connectivity index (χ0v) is 15.1. The van der Waals surface area contributed by atoms with E-state index in [4.69, 9.17) is 0 Å². The predicted octanol–water partition coefficient (Wildman–Crippen LogP) is 2.51. The first-order chi connectivity index (χ1) is 12.4. The number of benzene rings is 2. The number of aromatic nitrogens is 2. The normalized spacial score (nSPS) is 11.8. The number of aromatic hydroxyl groups is 1. The molecule has 0 aliphatic rings. The summed E-state index contributed by atoms with van der Waals surface area (Å²) in [6.45, 7) is 3.59. The largest absolute Gasteiger partial charge is 0.492 e. The summed E-state index contributed by atoms with van der Waals surface area (Å²) in [6.07, 6.45) is 1.26. The third-order valence-corrected chi connectivity index (χ3v) is 5.05. The lowest BCUT2D eigenvalue weighted by Gasteiger charge is -2.07. The molecule has 0 saturated carbocycles. The van der Waals surface area contributed by atoms with E-state index in [0.717, 1.165) is 11.3 Å². The van der Waals surface area contributed by atoms with Crippen LogP contribution in [0.2, 0.25) is 0 Å². The van der Waals surface area contributed by atoms with Crippen molar-refractivity contribution >= 4 is 16.2 Å². The Hall–Kier alpha value is -3.13. The Morgan fingerprint density at radius 1 is 1.08 bits per heavy atom. The predicted molar refractivity (Wildman–Crippen MR) is 99.1 cm³/mol. The average molecular weight is 370 g/mol. The van der Waals surface area contributed by atoms with Crippen molar-refractivity contribution in [1.82, 2.24) is 14.4 Å². The van der Waals surface area contributed by atoms with E-state index in [9.17, 15) is 13.5 Å². The van der Waals surface area contributed by atoms with Crippen LogP contribution >= 0.6 is 0 Å². The number of para-hydroxylation sites is 1. The molecule has 1 heterocycles. The number of sulfonamides is 1. The van der Waals surface area contributed by atoms with Gasteiger partial charge >= 0.3 is 0 Å². The van der Waals surface area contributed by atoms with Crippen molar-refractivity contribution in [2.75, 3.05) is 0 Å². The van der Waals surface area contributed by atoms with Gasteiger partial charge in [-0.15, -0.1) is 0 Å². The van der Waals surface area contributed by atoms with E-state index in [2.05, 4.69) is 14.9 Å². The van der Waals surface area contributed by atoms with Crippen LogP contribution < -0.4 is 4.83 Å². The number of rotatable bonds is 5. The molecule has 0 aliphatic carbocycles. The molecule has 0 unspecified atom stereocenters. The highest BCUT2D eigenvalue weighted by atomic mass is 32.2. The van der Waals surface area contributed by atoms with Gasteiger partial charge in [0.25, 0.3) is 10.0 Å². The average Bonchev–Trinajstić information content (AvgIpc) is 2.90. The lowest BCUT2D eigenvalue weighted by Crippen LogP contribution is -2.18. The topological polar surface area (TPSA) is 96.6 Å². The van der Waals surface area contributed by atoms with Crippen LogP contribution in [0.25, 0.3) is 5.69 Å². The fourth-order valence-electron chi connectivity index (χ4n) is 2.42. The minimum atomic E-state index is -3.78. The SMILES string of the molecule is Cc1ccc(S(=O)(=O)N/N=C/c2nc(O)c(C)n2-c2ccccc2)cc1. The first kappa shape index (κ1) is 17.7. The number of nitrogens with zero attached hydrogens (tertiary/aromatic N) is 3. The van der Waals surface area contributed by atoms with Crippen LogP contribution in [0.4, 0.5) is 0 Å². The maximum Gasteiger partial charge on any atom is 0.276 e. The number of nitrogens with one attached hydrogen (secondary N) is 1. The molecule has 0 radical (unpaired) electrons. The van der Waals surface area contributed by atoms with Gasteiger partial charge in [-0.2, -0.15) is 23.3 Å². The van der Waals surface area contributed by atoms with Gasteiger partial charge < -0.3 is 5.11 Å². The standard InChI is InChI=1S/C18H18N4O3S/c1-13-8-10-16(11-9-13)26(24,25)21-19-12-17-20-18(23)14(2)22(17)15-6-4-3-5-7-15/h3-12,21,23H,1-2H3/b19-12+. The number of aryl methyl sites for hydroxylation is 1. The van der Waals surface area contributed by atoms with Crippen LogP contribution in [0.15, 0.2) is 64.6 Å². The van der Waals surface area contributed by atoms with Gasteiger partial charge in [0.2, 0.25) is 5.88 Å². The maximum atomic E-state index is 12.3. The van der Waals surface area contributed by atoms with Gasteiger partial charge in [-0.05, 0) is 38.1 Å². The van der Waals surface area contributed by atoms with Gasteiger partial charge in [-0.25, -0.2) is 0 Å². The number of hydrogen-bond donors (Lipinski definition) is 2. The van der Waals surface area contributed by atoms with Gasteiger partial charge in [0.1, 0.15) is 0 Å². The van der Waals surface area contributed by atoms with Crippen molar-refractivity contribution in [3.63, 3.8) is 0 Å². The molecule has 0 bridgehead atoms. The second-order valence-electron chi connectivity index (χ2n) is 5.72. The fourth-order valence-corrected chi connectivity index (χ4v) is 3.22. The van der Waals surface area contributed by atoms with Gasteiger partial charge in [-0.3, -0.25) is 4.57 Å². The molecule has 0 saturated heterocycles. The van der Waals surface area contributed by atoms with E-state index in [1.807, 2.05) is 37.3 Å². The highest BCUT2D eigenvalue weighted by molar-refractivity contribution is 7.89. The van der Waals surface area contributed by atoms with Gasteiger partial charge in [0.05, 0.1) is 16.8 Å². The lowest BCUT2D eigenvalue weighted by atomic mass is 10.2. The Labute approximate surface area is 151 Å². The van der Waals surface area contributed by atoms with E-state index >= 15 is 0 Å². The molecule has 134 valence electrons. The molecule has 7 nitrogen and oxygen atoms in total. The van der Waals surface area contributed by atoms with Crippen LogP contribution in [0.5, 0.6) is 5.88 Å². The lowest BCUT2D eigenvalue weighted by molar-refractivity contribution is 0.451. The second kappa shape index (κ2) is 7.01. The summed E-state index contributed by atoms with van der Waals surface area (Å²) in [5.74, 6) is 0.162. The quantitative estimate of drug-likeness (QED) is 0.533. The highest BCUT2D eigenvalue weighted by Crippen LogP contribution is 2.21. The number of imidazole rings is 1. The Morgan fingerprint density at radius 2 is 1.73 bits per heavy atom. The highest BCUT2D eigenvalue weighted by Gasteiger charge is 2.15. The zero-order chi connectivity index (χ0) is 18.7. The molecule has 3 aromatic rings. The first-order valence-electron chi connectivity index (χ1n) is 7.84. The van der Waals surface area contributed by atoms with Gasteiger partial charge in [0, 0.05) is 5.69 Å². The third kappa shape index (κ3) is 3.60. The Kier molecular flexibility index (Phi) is 4.77. The van der Waals surface area contributed by atoms with Crippen LogP contribution in [0.3, 0.4) is 0 Å². The summed E-state index contributed by atoms with van der Waals surface area (Å²) < 4.78 is 26.2. The van der Waals surface area contributed by atoms with Crippen molar-refractivity contribution in [3.8, 4) is 11.6 Å². The van der Waals surface area contributed by atoms with Gasteiger partial charge in [0.15, 0.2) is 5.82 Å². The number of hydrogen-bond acceptors (Lipinski definition) is 5. The molecule has 0 aliphatic heterocycles. The van der Waals surface area contributed by atoms with Crippen LogP contribution in [0, 0.1) is 13.8 Å². The molecule has 0 amide bonds. The van der Waals surface area contributed by atoms with E-state index in [1.165, 1.54) is 18.3 Å². The Balaban J connectivity index is 1.88. The molecule has 3 rings (SSSR count). The smallest absolute Gasteiger partial charge is 0.276 e. The summed E-state index contributed by atoms with van der Waals surface area (Å²) in [4.78, 5) is 6.30. The van der Waals surface area contributed by atoms with Gasteiger partial charge in [-0.1, -0.05) is 35.9 Å². The summed E-state index contributed by atoms with van der Waals surface area (Å²) in [5, 5.41) is 13.7. The number of hydrazone groups is 1. The molecule has 1 aromatic heterocycles. The van der Waals surface area contributed by atoms with Crippen LogP contribution in [-0.2, 0) is 10.0 Å². The van der Waals surface area contributed by atoms with Crippen LogP contribution in [-0.4, -0.2) is 29.3 Å². The van der Waals surface area contributed by atoms with Crippen molar-refractivity contribution in [1.29, 1.82) is 0 Å². The second-order valence-corrected chi connectivity index (χ2v) is 7.38. The summed E-state index contributed by atoms with van der Waals surface area (Å²) in [6, 6.07) is 15.7. The molecule has 0 atom stereocenters. The Bertz CT molecular complexity index is 1040. The van der Waals surface area contributed by atoms with Crippen molar-refractivity contribution in [2.24, 2.45) is 5.10 Å². The minimum absolute atomic E-state index is 0.116. The van der Waals surface area contributed by atoms with Crippen LogP contribution in [0.1, 0.15) is 17.1 Å². The monoisotopic (exact) mass is 370 g/mol. The fraction of sp³-hybridized carbons (Fsp3) is 0.111. The molecule has 8 heteroatoms. The molecule has 26 heavy (non-hydrogen) atoms. The summed E-state index contributed by atoms with van der Waals surface area (Å²) in [5.41, 5.74) is 2.27. The summed E-state index contributed by atoms with van der Waals surface area (Å²) >= 11 is 0. The molecule has 2 aromatic carbocycles. The van der Waals surface area contributed by atoms with E-state index in [0.29, 0.717) is 11.5 Å². The minimum Gasteiger partial charge on any atom is -0.492 e. The third-order valence-electron chi connectivity index (χ3n) is 3.81. The Morgan fingerprint density at radius 3 is 2.38 bits per heavy atom. The maximum absolute atomic E-state index is 12.3. The molecular weight excluding hydrogens is 352 g/mol. The van der Waals surface area contributed by atoms with E-state index < -0.39 is 10.0 Å². The molecule has 0 fully saturated rings. The molecule has 2 N–H and O–H groups in total. The zero-order valence-electron chi connectivity index (χ0n) is 14.3. The molecular formula is C18H18N4O3S. The van der Waals surface area contributed by atoms with Crippen molar-refractivity contribution in [2.45, 2.75) is 18.7 Å². The van der Waals surface area contributed by atoms with Crippen molar-refractivity contribution in [3.05, 3.63) is 71.7 Å².